The molecule has 6 nitrogen and oxygen atoms in total. The number of carbonyl (C=O) groups excluding carboxylic acids is 1. The molecule has 0 aliphatic heterocycles. The van der Waals surface area contributed by atoms with Crippen LogP contribution >= 0.6 is 11.6 Å². The fourth-order valence-electron chi connectivity index (χ4n) is 3.77. The van der Waals surface area contributed by atoms with E-state index in [0.717, 1.165) is 37.1 Å². The number of aromatic carboxylic acids is 1. The molecule has 0 bridgehead atoms. The van der Waals surface area contributed by atoms with Gasteiger partial charge in [-0.3, -0.25) is 9.78 Å². The number of aliphatic hydroxyl groups excluding tert-OH is 1. The maximum atomic E-state index is 13.0. The quantitative estimate of drug-likeness (QED) is 0.242. The van der Waals surface area contributed by atoms with Crippen LogP contribution in [0.25, 0.3) is 0 Å². The molecule has 178 valence electrons. The highest BCUT2D eigenvalue weighted by Crippen LogP contribution is 2.27. The van der Waals surface area contributed by atoms with E-state index in [2.05, 4.69) is 11.9 Å². The molecule has 0 saturated heterocycles. The number of halogens is 1. The van der Waals surface area contributed by atoms with Crippen molar-refractivity contribution in [3.63, 3.8) is 0 Å². The first-order valence-corrected chi connectivity index (χ1v) is 11.7. The fraction of sp³-hybridized carbons (Fsp3) is 0.296. The summed E-state index contributed by atoms with van der Waals surface area (Å²) in [7, 11) is 1.88. The van der Waals surface area contributed by atoms with Crippen LogP contribution in [0.3, 0.4) is 0 Å². The number of anilines is 2. The number of rotatable bonds is 11. The number of hydrogen-bond acceptors (Lipinski definition) is 5. The highest BCUT2D eigenvalue weighted by atomic mass is 35.5. The zero-order valence-electron chi connectivity index (χ0n) is 19.4. The first kappa shape index (κ1) is 25.4. The highest BCUT2D eigenvalue weighted by molar-refractivity contribution is 6.30. The molecular weight excluding hydrogens is 452 g/mol. The minimum Gasteiger partial charge on any atom is -0.478 e. The summed E-state index contributed by atoms with van der Waals surface area (Å²) in [6.45, 7) is 2.11. The first-order valence-electron chi connectivity index (χ1n) is 11.4. The van der Waals surface area contributed by atoms with Gasteiger partial charge in [0, 0.05) is 23.3 Å². The van der Waals surface area contributed by atoms with Crippen LogP contribution in [0.15, 0.2) is 60.8 Å². The van der Waals surface area contributed by atoms with Crippen LogP contribution in [-0.4, -0.2) is 34.0 Å². The lowest BCUT2D eigenvalue weighted by Gasteiger charge is -2.19. The number of aliphatic hydroxyl groups is 1. The van der Waals surface area contributed by atoms with E-state index in [0.29, 0.717) is 17.0 Å². The number of carboxylic acid groups (broad SMARTS) is 1. The average Bonchev–Trinajstić information content (AvgIpc) is 2.85. The van der Waals surface area contributed by atoms with Gasteiger partial charge in [0.1, 0.15) is 5.69 Å². The van der Waals surface area contributed by atoms with E-state index in [1.807, 2.05) is 24.1 Å². The number of aromatic nitrogens is 1. The molecule has 0 aliphatic rings. The Balaban J connectivity index is 1.77. The third-order valence-electron chi connectivity index (χ3n) is 5.82. The molecule has 3 aromatic rings. The standard InChI is InChI=1S/C27H29ClN2O4/c1-3-4-5-6-7-25(31)22-14-8-18(16-23(22)27(33)34)26(32)24-15-13-21(17-29-24)30(2)20-11-9-19(28)10-12-20/h8-17,25,31H,3-7H2,1-2H3,(H,33,34). The molecule has 1 heterocycles. The number of hydrogen-bond donors (Lipinski definition) is 2. The molecule has 1 aromatic heterocycles. The van der Waals surface area contributed by atoms with E-state index in [1.165, 1.54) is 12.1 Å². The number of nitrogens with zero attached hydrogens (tertiary/aromatic N) is 2. The normalized spacial score (nSPS) is 11.8. The first-order chi connectivity index (χ1) is 16.3. The molecule has 0 fully saturated rings. The van der Waals surface area contributed by atoms with Crippen molar-refractivity contribution >= 4 is 34.7 Å². The van der Waals surface area contributed by atoms with Crippen molar-refractivity contribution in [2.24, 2.45) is 0 Å². The Morgan fingerprint density at radius 2 is 1.71 bits per heavy atom. The van der Waals surface area contributed by atoms with Crippen molar-refractivity contribution < 1.29 is 19.8 Å². The number of benzene rings is 2. The van der Waals surface area contributed by atoms with Crippen molar-refractivity contribution in [3.8, 4) is 0 Å². The van der Waals surface area contributed by atoms with Gasteiger partial charge in [0.05, 0.1) is 23.6 Å². The molecule has 2 N–H and O–H groups in total. The summed E-state index contributed by atoms with van der Waals surface area (Å²) in [6, 6.07) is 15.2. The number of carbonyl (C=O) groups is 2. The smallest absolute Gasteiger partial charge is 0.336 e. The van der Waals surface area contributed by atoms with Crippen LogP contribution in [0.5, 0.6) is 0 Å². The molecule has 0 saturated carbocycles. The van der Waals surface area contributed by atoms with Gasteiger partial charge in [-0.2, -0.15) is 0 Å². The second-order valence-electron chi connectivity index (χ2n) is 8.24. The summed E-state index contributed by atoms with van der Waals surface area (Å²) in [4.78, 5) is 31.0. The summed E-state index contributed by atoms with van der Waals surface area (Å²) in [5.41, 5.74) is 2.39. The van der Waals surface area contributed by atoms with Gasteiger partial charge in [0.25, 0.3) is 0 Å². The monoisotopic (exact) mass is 480 g/mol. The van der Waals surface area contributed by atoms with Crippen LogP contribution in [-0.2, 0) is 0 Å². The molecule has 3 rings (SSSR count). The Morgan fingerprint density at radius 3 is 2.32 bits per heavy atom. The summed E-state index contributed by atoms with van der Waals surface area (Å²) < 4.78 is 0. The minimum absolute atomic E-state index is 0.0621. The van der Waals surface area contributed by atoms with E-state index < -0.39 is 12.1 Å². The van der Waals surface area contributed by atoms with Crippen LogP contribution in [0.2, 0.25) is 5.02 Å². The predicted octanol–water partition coefficient (Wildman–Crippen LogP) is 6.44. The molecular formula is C27H29ClN2O4. The molecule has 0 spiro atoms. The number of pyridine rings is 1. The van der Waals surface area contributed by atoms with Crippen LogP contribution in [0.1, 0.15) is 77.1 Å². The van der Waals surface area contributed by atoms with Crippen LogP contribution < -0.4 is 4.90 Å². The SMILES string of the molecule is CCCCCCC(O)c1ccc(C(=O)c2ccc(N(C)c3ccc(Cl)cc3)cn2)cc1C(=O)O. The van der Waals surface area contributed by atoms with Crippen molar-refractivity contribution in [1.82, 2.24) is 4.98 Å². The molecule has 0 radical (unpaired) electrons. The summed E-state index contributed by atoms with van der Waals surface area (Å²) in [6.07, 6.45) is 5.16. The molecule has 7 heteroatoms. The van der Waals surface area contributed by atoms with Gasteiger partial charge in [-0.25, -0.2) is 4.79 Å². The summed E-state index contributed by atoms with van der Waals surface area (Å²) >= 11 is 5.95. The Morgan fingerprint density at radius 1 is 1.00 bits per heavy atom. The lowest BCUT2D eigenvalue weighted by Crippen LogP contribution is -2.12. The van der Waals surface area contributed by atoms with Crippen molar-refractivity contribution in [1.29, 1.82) is 0 Å². The second kappa shape index (κ2) is 11.8. The molecule has 1 unspecified atom stereocenters. The largest absolute Gasteiger partial charge is 0.478 e. The predicted molar refractivity (Wildman–Crippen MR) is 134 cm³/mol. The van der Waals surface area contributed by atoms with Gasteiger partial charge in [-0.1, -0.05) is 56.3 Å². The van der Waals surface area contributed by atoms with E-state index in [-0.39, 0.29) is 22.6 Å². The summed E-state index contributed by atoms with van der Waals surface area (Å²) in [5.74, 6) is -1.56. The Hall–Kier alpha value is -3.22. The topological polar surface area (TPSA) is 90.7 Å². The maximum Gasteiger partial charge on any atom is 0.336 e. The van der Waals surface area contributed by atoms with Crippen molar-refractivity contribution in [3.05, 3.63) is 88.2 Å². The third kappa shape index (κ3) is 6.22. The zero-order chi connectivity index (χ0) is 24.7. The van der Waals surface area contributed by atoms with E-state index in [9.17, 15) is 19.8 Å². The maximum absolute atomic E-state index is 13.0. The van der Waals surface area contributed by atoms with Gasteiger partial charge < -0.3 is 15.1 Å². The minimum atomic E-state index is -1.18. The van der Waals surface area contributed by atoms with Crippen LogP contribution in [0.4, 0.5) is 11.4 Å². The summed E-state index contributed by atoms with van der Waals surface area (Å²) in [5, 5.41) is 20.8. The zero-order valence-corrected chi connectivity index (χ0v) is 20.1. The van der Waals surface area contributed by atoms with Gasteiger partial charge >= 0.3 is 5.97 Å². The third-order valence-corrected chi connectivity index (χ3v) is 6.07. The molecule has 34 heavy (non-hydrogen) atoms. The van der Waals surface area contributed by atoms with Gasteiger partial charge in [0.2, 0.25) is 5.78 Å². The van der Waals surface area contributed by atoms with Crippen LogP contribution in [0, 0.1) is 0 Å². The number of unbranched alkanes of at least 4 members (excludes halogenated alkanes) is 3. The highest BCUT2D eigenvalue weighted by Gasteiger charge is 2.20. The van der Waals surface area contributed by atoms with E-state index in [1.54, 1.807) is 36.5 Å². The lowest BCUT2D eigenvalue weighted by atomic mass is 9.94. The Bertz CT molecular complexity index is 1130. The number of ketones is 1. The molecule has 0 aliphatic carbocycles. The van der Waals surface area contributed by atoms with Crippen molar-refractivity contribution in [2.75, 3.05) is 11.9 Å². The van der Waals surface area contributed by atoms with Gasteiger partial charge in [-0.15, -0.1) is 0 Å². The number of carboxylic acids is 1. The molecule has 1 atom stereocenters. The van der Waals surface area contributed by atoms with Gasteiger partial charge in [0.15, 0.2) is 0 Å². The molecule has 0 amide bonds. The van der Waals surface area contributed by atoms with Gasteiger partial charge in [-0.05, 0) is 54.4 Å². The second-order valence-corrected chi connectivity index (χ2v) is 8.67. The lowest BCUT2D eigenvalue weighted by molar-refractivity contribution is 0.0687. The van der Waals surface area contributed by atoms with E-state index in [4.69, 9.17) is 11.6 Å². The van der Waals surface area contributed by atoms with Crippen molar-refractivity contribution in [2.45, 2.75) is 45.1 Å². The Kier molecular flexibility index (Phi) is 8.79. The Labute approximate surface area is 204 Å². The average molecular weight is 481 g/mol. The van der Waals surface area contributed by atoms with E-state index >= 15 is 0 Å². The molecule has 2 aromatic carbocycles. The fourth-order valence-corrected chi connectivity index (χ4v) is 3.90.